The summed E-state index contributed by atoms with van der Waals surface area (Å²) in [6, 6.07) is 0. The third-order valence-electron chi connectivity index (χ3n) is 1.54. The predicted octanol–water partition coefficient (Wildman–Crippen LogP) is 0.467. The van der Waals surface area contributed by atoms with Gasteiger partial charge in [0.2, 0.25) is 0 Å². The minimum Gasteiger partial charge on any atom is -0.397 e. The molecule has 0 spiro atoms. The Balaban J connectivity index is 4.18. The summed E-state index contributed by atoms with van der Waals surface area (Å²) in [4.78, 5) is 0. The molecule has 0 fully saturated rings. The smallest absolute Gasteiger partial charge is 0.0573 e. The largest absolute Gasteiger partial charge is 0.397 e. The summed E-state index contributed by atoms with van der Waals surface area (Å²) >= 11 is 0. The van der Waals surface area contributed by atoms with Crippen molar-refractivity contribution < 1.29 is 0 Å². The molecule has 0 saturated heterocycles. The lowest BCUT2D eigenvalue weighted by Crippen LogP contribution is -2.24. The Bertz CT molecular complexity index is 204. The zero-order chi connectivity index (χ0) is 9.56. The molecule has 0 aromatic heterocycles. The van der Waals surface area contributed by atoms with Crippen molar-refractivity contribution in [2.45, 2.75) is 6.92 Å². The van der Waals surface area contributed by atoms with Crippen LogP contribution < -0.4 is 16.8 Å². The van der Waals surface area contributed by atoms with Gasteiger partial charge in [-0.2, -0.15) is 0 Å². The van der Waals surface area contributed by atoms with Gasteiger partial charge in [-0.3, -0.25) is 0 Å². The Hall–Kier alpha value is -1.22. The Morgan fingerprint density at radius 1 is 1.58 bits per heavy atom. The molecule has 0 amide bonds. The molecule has 12 heavy (non-hydrogen) atoms. The van der Waals surface area contributed by atoms with Gasteiger partial charge in [0, 0.05) is 13.1 Å². The first-order valence-electron chi connectivity index (χ1n) is 3.85. The van der Waals surface area contributed by atoms with Crippen LogP contribution in [0.25, 0.3) is 0 Å². The van der Waals surface area contributed by atoms with Crippen LogP contribution in [0.3, 0.4) is 0 Å². The summed E-state index contributed by atoms with van der Waals surface area (Å²) in [7, 11) is 0. The van der Waals surface area contributed by atoms with E-state index in [-0.39, 0.29) is 0 Å². The molecule has 0 aromatic carbocycles. The highest BCUT2D eigenvalue weighted by Crippen LogP contribution is 2.04. The van der Waals surface area contributed by atoms with E-state index in [9.17, 15) is 0 Å². The summed E-state index contributed by atoms with van der Waals surface area (Å²) in [6.07, 6.45) is 1.70. The number of hydrogen-bond acceptors (Lipinski definition) is 3. The lowest BCUT2D eigenvalue weighted by Gasteiger charge is -2.09. The van der Waals surface area contributed by atoms with Gasteiger partial charge in [0.15, 0.2) is 0 Å². The third-order valence-corrected chi connectivity index (χ3v) is 1.54. The lowest BCUT2D eigenvalue weighted by atomic mass is 10.2. The van der Waals surface area contributed by atoms with E-state index in [4.69, 9.17) is 11.5 Å². The van der Waals surface area contributed by atoms with Gasteiger partial charge < -0.3 is 16.8 Å². The van der Waals surface area contributed by atoms with Gasteiger partial charge in [0.1, 0.15) is 0 Å². The van der Waals surface area contributed by atoms with Crippen molar-refractivity contribution in [1.82, 2.24) is 5.32 Å². The zero-order valence-electron chi connectivity index (χ0n) is 7.56. The molecule has 0 unspecified atom stereocenters. The average Bonchev–Trinajstić information content (AvgIpc) is 2.11. The summed E-state index contributed by atoms with van der Waals surface area (Å²) in [5, 5.41) is 3.00. The Kier molecular flexibility index (Phi) is 4.88. The molecule has 0 aliphatic rings. The molecule has 0 aromatic rings. The van der Waals surface area contributed by atoms with E-state index in [2.05, 4.69) is 18.5 Å². The van der Waals surface area contributed by atoms with Crippen LogP contribution >= 0.6 is 0 Å². The molecule has 0 atom stereocenters. The van der Waals surface area contributed by atoms with E-state index in [1.807, 2.05) is 6.92 Å². The van der Waals surface area contributed by atoms with Gasteiger partial charge in [-0.15, -0.1) is 0 Å². The first-order valence-corrected chi connectivity index (χ1v) is 3.85. The Labute approximate surface area is 73.8 Å². The molecular weight excluding hydrogens is 150 g/mol. The van der Waals surface area contributed by atoms with Crippen LogP contribution in [0.5, 0.6) is 0 Å². The second kappa shape index (κ2) is 5.43. The summed E-state index contributed by atoms with van der Waals surface area (Å²) < 4.78 is 0. The van der Waals surface area contributed by atoms with Gasteiger partial charge in [0.25, 0.3) is 0 Å². The highest BCUT2D eigenvalue weighted by molar-refractivity contribution is 5.33. The zero-order valence-corrected chi connectivity index (χ0v) is 7.56. The third kappa shape index (κ3) is 3.25. The average molecular weight is 167 g/mol. The number of hydrogen-bond donors (Lipinski definition) is 3. The van der Waals surface area contributed by atoms with Crippen molar-refractivity contribution in [1.29, 1.82) is 0 Å². The number of nitrogens with one attached hydrogen (secondary N) is 1. The number of nitrogens with two attached hydrogens (primary N) is 2. The van der Waals surface area contributed by atoms with Crippen LogP contribution in [-0.4, -0.2) is 13.1 Å². The van der Waals surface area contributed by atoms with Gasteiger partial charge in [-0.25, -0.2) is 0 Å². The Morgan fingerprint density at radius 3 is 2.58 bits per heavy atom. The highest BCUT2D eigenvalue weighted by Gasteiger charge is 1.98. The van der Waals surface area contributed by atoms with Gasteiger partial charge in [-0.05, 0) is 12.5 Å². The van der Waals surface area contributed by atoms with Crippen LogP contribution in [0.4, 0.5) is 0 Å². The number of allylic oxidation sites excluding steroid dienone is 2. The standard InChI is InChI=1S/C9H17N3/c1-4-7(2)9(11)8(3)12-6-5-10/h4,12H,1,3,5-6,10-11H2,2H3/b9-7-. The molecule has 0 bridgehead atoms. The second-order valence-electron chi connectivity index (χ2n) is 2.49. The lowest BCUT2D eigenvalue weighted by molar-refractivity contribution is 0.802. The van der Waals surface area contributed by atoms with Crippen molar-refractivity contribution in [2.75, 3.05) is 13.1 Å². The van der Waals surface area contributed by atoms with E-state index in [1.165, 1.54) is 0 Å². The normalized spacial score (nSPS) is 11.8. The molecule has 0 heterocycles. The summed E-state index contributed by atoms with van der Waals surface area (Å²) in [5.41, 5.74) is 13.3. The van der Waals surface area contributed by atoms with Crippen LogP contribution in [0.15, 0.2) is 36.2 Å². The first kappa shape index (κ1) is 10.8. The van der Waals surface area contributed by atoms with Gasteiger partial charge in [0.05, 0.1) is 11.4 Å². The van der Waals surface area contributed by atoms with Crippen molar-refractivity contribution in [3.05, 3.63) is 36.2 Å². The molecule has 0 radical (unpaired) electrons. The van der Waals surface area contributed by atoms with Crippen LogP contribution in [-0.2, 0) is 0 Å². The minimum atomic E-state index is 0.569. The predicted molar refractivity (Wildman–Crippen MR) is 53.3 cm³/mol. The molecule has 0 rings (SSSR count). The molecule has 0 aliphatic carbocycles. The summed E-state index contributed by atoms with van der Waals surface area (Å²) in [6.45, 7) is 10.5. The van der Waals surface area contributed by atoms with E-state index >= 15 is 0 Å². The van der Waals surface area contributed by atoms with E-state index < -0.39 is 0 Å². The van der Waals surface area contributed by atoms with Crippen molar-refractivity contribution >= 4 is 0 Å². The van der Waals surface area contributed by atoms with Crippen LogP contribution in [0.2, 0.25) is 0 Å². The Morgan fingerprint density at radius 2 is 2.17 bits per heavy atom. The fraction of sp³-hybridized carbons (Fsp3) is 0.333. The van der Waals surface area contributed by atoms with Gasteiger partial charge in [-0.1, -0.05) is 19.2 Å². The second-order valence-corrected chi connectivity index (χ2v) is 2.49. The maximum atomic E-state index is 5.72. The first-order chi connectivity index (χ1) is 5.63. The highest BCUT2D eigenvalue weighted by atomic mass is 14.9. The van der Waals surface area contributed by atoms with Crippen molar-refractivity contribution in [2.24, 2.45) is 11.5 Å². The maximum Gasteiger partial charge on any atom is 0.0573 e. The fourth-order valence-electron chi connectivity index (χ4n) is 0.666. The maximum absolute atomic E-state index is 5.72. The van der Waals surface area contributed by atoms with E-state index in [0.717, 1.165) is 5.57 Å². The fourth-order valence-corrected chi connectivity index (χ4v) is 0.666. The topological polar surface area (TPSA) is 64.1 Å². The molecule has 5 N–H and O–H groups in total. The van der Waals surface area contributed by atoms with Crippen molar-refractivity contribution in [3.63, 3.8) is 0 Å². The number of rotatable bonds is 5. The molecule has 3 nitrogen and oxygen atoms in total. The van der Waals surface area contributed by atoms with E-state index in [0.29, 0.717) is 24.5 Å². The van der Waals surface area contributed by atoms with Crippen molar-refractivity contribution in [3.8, 4) is 0 Å². The molecule has 3 heteroatoms. The van der Waals surface area contributed by atoms with Gasteiger partial charge >= 0.3 is 0 Å². The SMILES string of the molecule is C=C/C(C)=C(\N)C(=C)NCCN. The molecule has 0 saturated carbocycles. The van der Waals surface area contributed by atoms with E-state index in [1.54, 1.807) is 6.08 Å². The summed E-state index contributed by atoms with van der Waals surface area (Å²) in [5.74, 6) is 0. The minimum absolute atomic E-state index is 0.569. The van der Waals surface area contributed by atoms with Crippen LogP contribution in [0.1, 0.15) is 6.92 Å². The van der Waals surface area contributed by atoms with Crippen LogP contribution in [0, 0.1) is 0 Å². The molecular formula is C9H17N3. The molecule has 0 aliphatic heterocycles. The quantitative estimate of drug-likeness (QED) is 0.521. The molecule has 68 valence electrons. The monoisotopic (exact) mass is 167 g/mol.